The second-order valence-electron chi connectivity index (χ2n) is 6.68. The fourth-order valence-electron chi connectivity index (χ4n) is 3.22. The molecule has 26 heavy (non-hydrogen) atoms. The molecule has 0 amide bonds. The van der Waals surface area contributed by atoms with Gasteiger partial charge in [-0.15, -0.1) is 11.3 Å². The normalized spacial score (nSPS) is 16.6. The van der Waals surface area contributed by atoms with Crippen molar-refractivity contribution in [2.24, 2.45) is 4.99 Å². The Labute approximate surface area is 160 Å². The third-order valence-electron chi connectivity index (χ3n) is 4.76. The van der Waals surface area contributed by atoms with Crippen LogP contribution in [-0.2, 0) is 19.5 Å². The number of aliphatic imine (C=N–C) groups is 1. The predicted octanol–water partition coefficient (Wildman–Crippen LogP) is 3.04. The number of nitrogens with zero attached hydrogens (tertiary/aromatic N) is 3. The molecule has 1 aliphatic rings. The fourth-order valence-corrected chi connectivity index (χ4v) is 4.02. The Morgan fingerprint density at radius 3 is 2.69 bits per heavy atom. The molecule has 0 saturated carbocycles. The van der Waals surface area contributed by atoms with Crippen molar-refractivity contribution < 1.29 is 0 Å². The lowest BCUT2D eigenvalue weighted by molar-refractivity contribution is 0.198. The number of likely N-dealkylation sites (tertiary alicyclic amines) is 1. The molecule has 1 fully saturated rings. The summed E-state index contributed by atoms with van der Waals surface area (Å²) >= 11 is 1.77. The van der Waals surface area contributed by atoms with Crippen LogP contribution in [0.1, 0.15) is 35.2 Å². The highest BCUT2D eigenvalue weighted by Crippen LogP contribution is 2.15. The van der Waals surface area contributed by atoms with Gasteiger partial charge in [0.25, 0.3) is 0 Å². The molecule has 1 aliphatic heterocycles. The van der Waals surface area contributed by atoms with Gasteiger partial charge in [-0.05, 0) is 24.8 Å². The van der Waals surface area contributed by atoms with Gasteiger partial charge in [0, 0.05) is 43.8 Å². The summed E-state index contributed by atoms with van der Waals surface area (Å²) in [4.78, 5) is 12.7. The number of piperidine rings is 1. The molecule has 1 saturated heterocycles. The van der Waals surface area contributed by atoms with E-state index < -0.39 is 0 Å². The zero-order valence-corrected chi connectivity index (χ0v) is 16.6. The molecule has 6 heteroatoms. The molecule has 2 heterocycles. The third kappa shape index (κ3) is 5.54. The number of guanidine groups is 1. The Morgan fingerprint density at radius 1 is 1.27 bits per heavy atom. The number of benzene rings is 1. The molecule has 0 bridgehead atoms. The zero-order valence-electron chi connectivity index (χ0n) is 15.7. The molecule has 3 rings (SSSR count). The monoisotopic (exact) mass is 371 g/mol. The molecule has 0 radical (unpaired) electrons. The lowest BCUT2D eigenvalue weighted by Gasteiger charge is -2.33. The minimum Gasteiger partial charge on any atom is -0.354 e. The maximum atomic E-state index is 4.46. The van der Waals surface area contributed by atoms with Gasteiger partial charge < -0.3 is 10.6 Å². The van der Waals surface area contributed by atoms with Crippen molar-refractivity contribution in [3.05, 3.63) is 52.0 Å². The number of hydrogen-bond donors (Lipinski definition) is 2. The first-order valence-electron chi connectivity index (χ1n) is 9.44. The SMILES string of the molecule is CCc1cnc(CNC(=NC)NC2CCN(Cc3ccccc3)CC2)s1. The molecule has 0 spiro atoms. The summed E-state index contributed by atoms with van der Waals surface area (Å²) in [5.74, 6) is 0.875. The first-order valence-corrected chi connectivity index (χ1v) is 10.3. The Bertz CT molecular complexity index is 689. The van der Waals surface area contributed by atoms with Crippen LogP contribution in [0.15, 0.2) is 41.5 Å². The number of rotatable bonds is 6. The van der Waals surface area contributed by atoms with Crippen LogP contribution in [0.3, 0.4) is 0 Å². The summed E-state index contributed by atoms with van der Waals surface area (Å²) in [5.41, 5.74) is 1.39. The van der Waals surface area contributed by atoms with Gasteiger partial charge >= 0.3 is 0 Å². The van der Waals surface area contributed by atoms with Crippen LogP contribution in [0.5, 0.6) is 0 Å². The van der Waals surface area contributed by atoms with E-state index in [1.807, 2.05) is 13.2 Å². The molecular formula is C20H29N5S. The second-order valence-corrected chi connectivity index (χ2v) is 7.88. The zero-order chi connectivity index (χ0) is 18.2. The van der Waals surface area contributed by atoms with Gasteiger partial charge in [0.1, 0.15) is 5.01 Å². The van der Waals surface area contributed by atoms with E-state index in [4.69, 9.17) is 0 Å². The molecule has 5 nitrogen and oxygen atoms in total. The molecule has 1 aromatic carbocycles. The molecule has 0 unspecified atom stereocenters. The first-order chi connectivity index (χ1) is 12.8. The van der Waals surface area contributed by atoms with Crippen molar-refractivity contribution in [2.75, 3.05) is 20.1 Å². The van der Waals surface area contributed by atoms with E-state index in [1.165, 1.54) is 10.4 Å². The minimum atomic E-state index is 0.482. The minimum absolute atomic E-state index is 0.482. The highest BCUT2D eigenvalue weighted by Gasteiger charge is 2.20. The Morgan fingerprint density at radius 2 is 2.04 bits per heavy atom. The Hall–Kier alpha value is -1.92. The van der Waals surface area contributed by atoms with E-state index in [1.54, 1.807) is 11.3 Å². The van der Waals surface area contributed by atoms with Crippen LogP contribution in [-0.4, -0.2) is 42.0 Å². The average Bonchev–Trinajstić information content (AvgIpc) is 3.15. The van der Waals surface area contributed by atoms with E-state index in [-0.39, 0.29) is 0 Å². The quantitative estimate of drug-likeness (QED) is 0.605. The summed E-state index contributed by atoms with van der Waals surface area (Å²) < 4.78 is 0. The summed E-state index contributed by atoms with van der Waals surface area (Å²) in [6, 6.07) is 11.2. The van der Waals surface area contributed by atoms with E-state index in [2.05, 4.69) is 62.8 Å². The van der Waals surface area contributed by atoms with E-state index >= 15 is 0 Å². The van der Waals surface area contributed by atoms with Crippen molar-refractivity contribution in [3.8, 4) is 0 Å². The number of nitrogens with one attached hydrogen (secondary N) is 2. The predicted molar refractivity (Wildman–Crippen MR) is 110 cm³/mol. The van der Waals surface area contributed by atoms with E-state index in [0.717, 1.165) is 56.4 Å². The smallest absolute Gasteiger partial charge is 0.191 e. The fraction of sp³-hybridized carbons (Fsp3) is 0.500. The number of aromatic nitrogens is 1. The Balaban J connectivity index is 1.41. The molecule has 0 aliphatic carbocycles. The van der Waals surface area contributed by atoms with Crippen molar-refractivity contribution in [1.29, 1.82) is 0 Å². The third-order valence-corrected chi connectivity index (χ3v) is 5.90. The highest BCUT2D eigenvalue weighted by atomic mass is 32.1. The van der Waals surface area contributed by atoms with Crippen LogP contribution in [0.4, 0.5) is 0 Å². The van der Waals surface area contributed by atoms with Gasteiger partial charge in [0.2, 0.25) is 0 Å². The van der Waals surface area contributed by atoms with Crippen LogP contribution in [0.2, 0.25) is 0 Å². The van der Waals surface area contributed by atoms with Gasteiger partial charge in [-0.1, -0.05) is 37.3 Å². The van der Waals surface area contributed by atoms with Crippen LogP contribution < -0.4 is 10.6 Å². The van der Waals surface area contributed by atoms with E-state index in [9.17, 15) is 0 Å². The lowest BCUT2D eigenvalue weighted by atomic mass is 10.0. The van der Waals surface area contributed by atoms with Crippen molar-refractivity contribution in [1.82, 2.24) is 20.5 Å². The summed E-state index contributed by atoms with van der Waals surface area (Å²) in [6.07, 6.45) is 5.31. The first kappa shape index (κ1) is 18.9. The maximum absolute atomic E-state index is 4.46. The second kappa shape index (κ2) is 9.69. The molecule has 140 valence electrons. The summed E-state index contributed by atoms with van der Waals surface area (Å²) in [6.45, 7) is 6.18. The van der Waals surface area contributed by atoms with Crippen molar-refractivity contribution >= 4 is 17.3 Å². The number of hydrogen-bond acceptors (Lipinski definition) is 4. The van der Waals surface area contributed by atoms with Gasteiger partial charge in [-0.25, -0.2) is 4.98 Å². The van der Waals surface area contributed by atoms with Crippen molar-refractivity contribution in [2.45, 2.75) is 45.3 Å². The maximum Gasteiger partial charge on any atom is 0.191 e. The number of aryl methyl sites for hydroxylation is 1. The number of thiazole rings is 1. The lowest BCUT2D eigenvalue weighted by Crippen LogP contribution is -2.48. The summed E-state index contributed by atoms with van der Waals surface area (Å²) in [7, 11) is 1.83. The molecule has 1 aromatic heterocycles. The average molecular weight is 372 g/mol. The van der Waals surface area contributed by atoms with Crippen LogP contribution in [0, 0.1) is 0 Å². The van der Waals surface area contributed by atoms with Gasteiger partial charge in [-0.2, -0.15) is 0 Å². The largest absolute Gasteiger partial charge is 0.354 e. The molecular weight excluding hydrogens is 342 g/mol. The van der Waals surface area contributed by atoms with Crippen molar-refractivity contribution in [3.63, 3.8) is 0 Å². The molecule has 2 N–H and O–H groups in total. The van der Waals surface area contributed by atoms with Gasteiger partial charge in [0.15, 0.2) is 5.96 Å². The highest BCUT2D eigenvalue weighted by molar-refractivity contribution is 7.11. The Kier molecular flexibility index (Phi) is 7.03. The van der Waals surface area contributed by atoms with Gasteiger partial charge in [0.05, 0.1) is 6.54 Å². The van der Waals surface area contributed by atoms with E-state index in [0.29, 0.717) is 6.04 Å². The standard InChI is InChI=1S/C20H29N5S/c1-3-18-13-22-19(26-18)14-23-20(21-2)24-17-9-11-25(12-10-17)15-16-7-5-4-6-8-16/h4-8,13,17H,3,9-12,14-15H2,1-2H3,(H2,21,23,24). The van der Waals surface area contributed by atoms with Crippen LogP contribution >= 0.6 is 11.3 Å². The topological polar surface area (TPSA) is 52.6 Å². The van der Waals surface area contributed by atoms with Gasteiger partial charge in [-0.3, -0.25) is 9.89 Å². The molecule has 2 aromatic rings. The molecule has 0 atom stereocenters. The summed E-state index contributed by atoms with van der Waals surface area (Å²) in [5, 5.41) is 8.08. The van der Waals surface area contributed by atoms with Crippen LogP contribution in [0.25, 0.3) is 0 Å².